The minimum Gasteiger partial charge on any atom is -0.384 e. The minimum atomic E-state index is -0.619. The number of hydrogen-bond acceptors (Lipinski definition) is 7. The van der Waals surface area contributed by atoms with Crippen LogP contribution in [0.3, 0.4) is 0 Å². The summed E-state index contributed by atoms with van der Waals surface area (Å²) in [4.78, 5) is 31.4. The van der Waals surface area contributed by atoms with E-state index in [1.54, 1.807) is 0 Å². The van der Waals surface area contributed by atoms with Gasteiger partial charge in [-0.2, -0.15) is 0 Å². The van der Waals surface area contributed by atoms with E-state index in [1.165, 1.54) is 18.1 Å². The third-order valence-corrected chi connectivity index (χ3v) is 2.07. The van der Waals surface area contributed by atoms with Crippen LogP contribution in [0.4, 0.5) is 11.6 Å². The zero-order valence-electron chi connectivity index (χ0n) is 10.5. The number of amides is 2. The van der Waals surface area contributed by atoms with Crippen molar-refractivity contribution in [2.24, 2.45) is 11.5 Å². The van der Waals surface area contributed by atoms with Crippen LogP contribution in [0.25, 0.3) is 0 Å². The summed E-state index contributed by atoms with van der Waals surface area (Å²) in [6.45, 7) is -0.253. The molecule has 0 atom stereocenters. The molecule has 0 spiro atoms. The first-order valence-corrected chi connectivity index (χ1v) is 5.36. The summed E-state index contributed by atoms with van der Waals surface area (Å²) in [7, 11) is 1.48. The smallest absolute Gasteiger partial charge is 0.237 e. The Labute approximate surface area is 109 Å². The lowest BCUT2D eigenvalue weighted by molar-refractivity contribution is -0.117. The van der Waals surface area contributed by atoms with Gasteiger partial charge >= 0.3 is 0 Å². The first-order chi connectivity index (χ1) is 8.92. The molecule has 1 aromatic heterocycles. The van der Waals surface area contributed by atoms with Crippen molar-refractivity contribution in [3.8, 4) is 0 Å². The number of nitrogen functional groups attached to an aromatic ring is 1. The molecule has 9 heteroatoms. The molecule has 0 aromatic carbocycles. The molecule has 0 unspecified atom stereocenters. The van der Waals surface area contributed by atoms with Crippen LogP contribution in [0.15, 0.2) is 6.07 Å². The summed E-state index contributed by atoms with van der Waals surface area (Å²) in [5.41, 5.74) is 15.8. The van der Waals surface area contributed by atoms with Gasteiger partial charge in [0.1, 0.15) is 18.2 Å². The minimum absolute atomic E-state index is 0.152. The second kappa shape index (κ2) is 6.50. The second-order valence-electron chi connectivity index (χ2n) is 3.79. The maximum Gasteiger partial charge on any atom is 0.237 e. The Morgan fingerprint density at radius 3 is 2.32 bits per heavy atom. The molecule has 0 aliphatic rings. The maximum absolute atomic E-state index is 11.0. The predicted octanol–water partition coefficient (Wildman–Crippen LogP) is -2.02. The van der Waals surface area contributed by atoms with Crippen molar-refractivity contribution < 1.29 is 14.3 Å². The third kappa shape index (κ3) is 4.76. The Bertz CT molecular complexity index is 462. The number of anilines is 2. The molecule has 104 valence electrons. The first kappa shape index (κ1) is 14.6. The number of ether oxygens (including phenoxy) is 1. The van der Waals surface area contributed by atoms with Crippen LogP contribution in [0.1, 0.15) is 5.82 Å². The Hall–Kier alpha value is -2.42. The predicted molar refractivity (Wildman–Crippen MR) is 67.8 cm³/mol. The van der Waals surface area contributed by atoms with Gasteiger partial charge < -0.3 is 26.8 Å². The average molecular weight is 268 g/mol. The topological polar surface area (TPSA) is 150 Å². The quantitative estimate of drug-likeness (QED) is 0.516. The van der Waals surface area contributed by atoms with Gasteiger partial charge in [0.2, 0.25) is 11.8 Å². The number of carbonyl (C=O) groups is 2. The second-order valence-corrected chi connectivity index (χ2v) is 3.79. The molecule has 0 aliphatic carbocycles. The molecule has 0 fully saturated rings. The van der Waals surface area contributed by atoms with Gasteiger partial charge in [0, 0.05) is 13.2 Å². The monoisotopic (exact) mass is 268 g/mol. The van der Waals surface area contributed by atoms with E-state index < -0.39 is 11.8 Å². The van der Waals surface area contributed by atoms with Crippen molar-refractivity contribution in [2.45, 2.75) is 6.61 Å². The number of aromatic nitrogens is 2. The van der Waals surface area contributed by atoms with Crippen molar-refractivity contribution in [1.29, 1.82) is 0 Å². The molecule has 0 saturated carbocycles. The van der Waals surface area contributed by atoms with Gasteiger partial charge in [-0.1, -0.05) is 0 Å². The van der Waals surface area contributed by atoms with Crippen LogP contribution in [-0.2, 0) is 20.9 Å². The molecule has 0 saturated heterocycles. The molecule has 1 heterocycles. The van der Waals surface area contributed by atoms with Gasteiger partial charge in [0.05, 0.1) is 13.1 Å². The molecule has 1 rings (SSSR count). The van der Waals surface area contributed by atoms with E-state index in [0.29, 0.717) is 5.82 Å². The lowest BCUT2D eigenvalue weighted by Gasteiger charge is -2.21. The molecule has 1 aromatic rings. The standard InChI is InChI=1S/C10H16N6O3/c1-19-5-9-14-6(11)2-10(15-9)16(3-7(12)17)4-8(13)18/h2H,3-5H2,1H3,(H2,12,17)(H2,13,18)(H2,11,14,15). The molecule has 6 N–H and O–H groups in total. The summed E-state index contributed by atoms with van der Waals surface area (Å²) in [5.74, 6) is -0.428. The number of carbonyl (C=O) groups excluding carboxylic acids is 2. The normalized spacial score (nSPS) is 10.2. The Morgan fingerprint density at radius 2 is 1.84 bits per heavy atom. The van der Waals surface area contributed by atoms with Crippen molar-refractivity contribution >= 4 is 23.5 Å². The fourth-order valence-corrected chi connectivity index (χ4v) is 1.45. The SMILES string of the molecule is COCc1nc(N)cc(N(CC(N)=O)CC(N)=O)n1. The highest BCUT2D eigenvalue weighted by atomic mass is 16.5. The molecule has 19 heavy (non-hydrogen) atoms. The molecular weight excluding hydrogens is 252 g/mol. The number of hydrogen-bond donors (Lipinski definition) is 3. The van der Waals surface area contributed by atoms with Crippen LogP contribution < -0.4 is 22.1 Å². The Balaban J connectivity index is 3.05. The van der Waals surface area contributed by atoms with E-state index >= 15 is 0 Å². The van der Waals surface area contributed by atoms with Gasteiger partial charge in [0.25, 0.3) is 0 Å². The summed E-state index contributed by atoms with van der Waals surface area (Å²) in [5, 5.41) is 0. The van der Waals surface area contributed by atoms with Gasteiger partial charge in [-0.05, 0) is 0 Å². The van der Waals surface area contributed by atoms with Gasteiger partial charge in [-0.15, -0.1) is 0 Å². The summed E-state index contributed by atoms with van der Waals surface area (Å²) >= 11 is 0. The zero-order valence-corrected chi connectivity index (χ0v) is 10.5. The van der Waals surface area contributed by atoms with E-state index in [2.05, 4.69) is 9.97 Å². The van der Waals surface area contributed by atoms with Crippen molar-refractivity contribution in [3.05, 3.63) is 11.9 Å². The van der Waals surface area contributed by atoms with E-state index in [0.717, 1.165) is 0 Å². The summed E-state index contributed by atoms with van der Waals surface area (Å²) < 4.78 is 4.90. The van der Waals surface area contributed by atoms with Crippen molar-refractivity contribution in [3.63, 3.8) is 0 Å². The molecule has 0 bridgehead atoms. The van der Waals surface area contributed by atoms with Gasteiger partial charge in [0.15, 0.2) is 5.82 Å². The van der Waals surface area contributed by atoms with E-state index in [9.17, 15) is 9.59 Å². The number of nitrogens with two attached hydrogens (primary N) is 3. The lowest BCUT2D eigenvalue weighted by atomic mass is 10.4. The first-order valence-electron chi connectivity index (χ1n) is 5.36. The van der Waals surface area contributed by atoms with Crippen LogP contribution in [0.5, 0.6) is 0 Å². The highest BCUT2D eigenvalue weighted by molar-refractivity contribution is 5.84. The largest absolute Gasteiger partial charge is 0.384 e. The van der Waals surface area contributed by atoms with E-state index in [1.807, 2.05) is 0 Å². The molecule has 0 radical (unpaired) electrons. The van der Waals surface area contributed by atoms with Gasteiger partial charge in [-0.25, -0.2) is 9.97 Å². The third-order valence-electron chi connectivity index (χ3n) is 2.07. The van der Waals surface area contributed by atoms with E-state index in [4.69, 9.17) is 21.9 Å². The average Bonchev–Trinajstić information content (AvgIpc) is 2.26. The van der Waals surface area contributed by atoms with E-state index in [-0.39, 0.29) is 31.3 Å². The number of methoxy groups -OCH3 is 1. The molecule has 0 aliphatic heterocycles. The molecule has 2 amide bonds. The summed E-state index contributed by atoms with van der Waals surface area (Å²) in [6, 6.07) is 1.42. The fourth-order valence-electron chi connectivity index (χ4n) is 1.45. The fraction of sp³-hybridized carbons (Fsp3) is 0.400. The van der Waals surface area contributed by atoms with Crippen LogP contribution >= 0.6 is 0 Å². The molecular formula is C10H16N6O3. The molecule has 9 nitrogen and oxygen atoms in total. The highest BCUT2D eigenvalue weighted by Crippen LogP contribution is 2.14. The van der Waals surface area contributed by atoms with Crippen LogP contribution in [0, 0.1) is 0 Å². The van der Waals surface area contributed by atoms with Crippen LogP contribution in [-0.4, -0.2) is 42.0 Å². The van der Waals surface area contributed by atoms with Gasteiger partial charge in [-0.3, -0.25) is 9.59 Å². The van der Waals surface area contributed by atoms with Crippen molar-refractivity contribution in [2.75, 3.05) is 30.8 Å². The highest BCUT2D eigenvalue weighted by Gasteiger charge is 2.15. The lowest BCUT2D eigenvalue weighted by Crippen LogP contribution is -2.40. The number of nitrogens with zero attached hydrogens (tertiary/aromatic N) is 3. The summed E-state index contributed by atoms with van der Waals surface area (Å²) in [6.07, 6.45) is 0. The Morgan fingerprint density at radius 1 is 1.26 bits per heavy atom. The number of rotatable bonds is 7. The maximum atomic E-state index is 11.0. The van der Waals surface area contributed by atoms with Crippen LogP contribution in [0.2, 0.25) is 0 Å². The van der Waals surface area contributed by atoms with Crippen molar-refractivity contribution in [1.82, 2.24) is 9.97 Å². The zero-order chi connectivity index (χ0) is 14.4. The number of primary amides is 2. The Kier molecular flexibility index (Phi) is 5.01.